The van der Waals surface area contributed by atoms with Crippen molar-refractivity contribution < 1.29 is 9.47 Å². The van der Waals surface area contributed by atoms with E-state index in [1.54, 1.807) is 14.2 Å². The zero-order valence-corrected chi connectivity index (χ0v) is 15.4. The van der Waals surface area contributed by atoms with E-state index in [1.807, 2.05) is 30.3 Å². The van der Waals surface area contributed by atoms with Gasteiger partial charge in [-0.3, -0.25) is 0 Å². The van der Waals surface area contributed by atoms with Crippen molar-refractivity contribution in [3.8, 4) is 11.5 Å². The van der Waals surface area contributed by atoms with Crippen molar-refractivity contribution in [2.75, 3.05) is 24.9 Å². The maximum atomic E-state index is 5.46. The minimum atomic E-state index is 0.466. The Kier molecular flexibility index (Phi) is 6.44. The first-order valence-corrected chi connectivity index (χ1v) is 8.38. The fraction of sp³-hybridized carbons (Fsp3) is 0.316. The van der Waals surface area contributed by atoms with Crippen LogP contribution in [0.3, 0.4) is 0 Å². The third kappa shape index (κ3) is 4.61. The Hall–Kier alpha value is -2.27. The molecule has 0 saturated carbocycles. The lowest BCUT2D eigenvalue weighted by Gasteiger charge is -2.18. The largest absolute Gasteiger partial charge is 0.497 e. The third-order valence-electron chi connectivity index (χ3n) is 3.96. The molecule has 0 aromatic heterocycles. The Balaban J connectivity index is 2.14. The summed E-state index contributed by atoms with van der Waals surface area (Å²) in [6.07, 6.45) is 1.08. The predicted molar refractivity (Wildman–Crippen MR) is 105 cm³/mol. The zero-order chi connectivity index (χ0) is 17.5. The van der Waals surface area contributed by atoms with Gasteiger partial charge in [0.25, 0.3) is 0 Å². The van der Waals surface area contributed by atoms with E-state index in [4.69, 9.17) is 21.7 Å². The van der Waals surface area contributed by atoms with Gasteiger partial charge in [0.2, 0.25) is 0 Å². The van der Waals surface area contributed by atoms with Crippen LogP contribution >= 0.6 is 12.2 Å². The summed E-state index contributed by atoms with van der Waals surface area (Å²) in [5.41, 5.74) is 3.09. The Morgan fingerprint density at radius 1 is 1.04 bits per heavy atom. The molecule has 128 valence electrons. The van der Waals surface area contributed by atoms with Crippen LogP contribution in [0.5, 0.6) is 11.5 Å². The van der Waals surface area contributed by atoms with Crippen LogP contribution in [0.4, 0.5) is 11.4 Å². The highest BCUT2D eigenvalue weighted by molar-refractivity contribution is 7.80. The third-order valence-corrected chi connectivity index (χ3v) is 4.17. The van der Waals surface area contributed by atoms with Crippen LogP contribution in [-0.2, 0) is 0 Å². The Bertz CT molecular complexity index is 681. The molecule has 2 aromatic carbocycles. The summed E-state index contributed by atoms with van der Waals surface area (Å²) in [6, 6.07) is 13.8. The number of para-hydroxylation sites is 1. The van der Waals surface area contributed by atoms with Gasteiger partial charge in [0.05, 0.1) is 14.2 Å². The van der Waals surface area contributed by atoms with Gasteiger partial charge in [0, 0.05) is 29.6 Å². The van der Waals surface area contributed by atoms with E-state index in [0.29, 0.717) is 22.5 Å². The monoisotopic (exact) mass is 344 g/mol. The van der Waals surface area contributed by atoms with Crippen molar-refractivity contribution in [3.05, 3.63) is 48.0 Å². The van der Waals surface area contributed by atoms with Crippen molar-refractivity contribution in [1.82, 2.24) is 0 Å². The van der Waals surface area contributed by atoms with Crippen molar-refractivity contribution in [1.29, 1.82) is 0 Å². The summed E-state index contributed by atoms with van der Waals surface area (Å²) < 4.78 is 10.6. The van der Waals surface area contributed by atoms with E-state index in [1.165, 1.54) is 5.56 Å². The average molecular weight is 344 g/mol. The number of methoxy groups -OCH3 is 2. The molecule has 0 spiro atoms. The van der Waals surface area contributed by atoms with Gasteiger partial charge < -0.3 is 20.1 Å². The van der Waals surface area contributed by atoms with Crippen LogP contribution in [0.2, 0.25) is 0 Å². The molecule has 24 heavy (non-hydrogen) atoms. The molecule has 2 N–H and O–H groups in total. The fourth-order valence-electron chi connectivity index (χ4n) is 2.42. The highest BCUT2D eigenvalue weighted by Gasteiger charge is 2.10. The molecule has 0 radical (unpaired) electrons. The number of rotatable bonds is 6. The predicted octanol–water partition coefficient (Wildman–Crippen LogP) is 5.03. The molecule has 0 heterocycles. The maximum absolute atomic E-state index is 5.46. The number of nitrogens with one attached hydrogen (secondary N) is 2. The Labute approximate surface area is 149 Å². The van der Waals surface area contributed by atoms with Crippen LogP contribution in [0, 0.1) is 0 Å². The van der Waals surface area contributed by atoms with Crippen LogP contribution in [0.25, 0.3) is 0 Å². The molecular formula is C19H24N2O2S. The molecule has 1 atom stereocenters. The van der Waals surface area contributed by atoms with Crippen LogP contribution in [0.1, 0.15) is 31.7 Å². The van der Waals surface area contributed by atoms with E-state index >= 15 is 0 Å². The number of anilines is 2. The number of thiocarbonyl (C=S) groups is 1. The lowest BCUT2D eigenvalue weighted by Crippen LogP contribution is -2.20. The minimum Gasteiger partial charge on any atom is -0.497 e. The van der Waals surface area contributed by atoms with Gasteiger partial charge in [-0.2, -0.15) is 0 Å². The smallest absolute Gasteiger partial charge is 0.175 e. The van der Waals surface area contributed by atoms with E-state index in [-0.39, 0.29) is 0 Å². The second kappa shape index (κ2) is 8.55. The van der Waals surface area contributed by atoms with Gasteiger partial charge in [-0.15, -0.1) is 0 Å². The van der Waals surface area contributed by atoms with E-state index < -0.39 is 0 Å². The van der Waals surface area contributed by atoms with Gasteiger partial charge in [0.1, 0.15) is 11.5 Å². The summed E-state index contributed by atoms with van der Waals surface area (Å²) in [5, 5.41) is 7.00. The molecule has 2 rings (SSSR count). The molecule has 1 unspecified atom stereocenters. The van der Waals surface area contributed by atoms with Gasteiger partial charge in [0.15, 0.2) is 5.11 Å². The lowest BCUT2D eigenvalue weighted by molar-refractivity contribution is 0.395. The molecule has 5 heteroatoms. The van der Waals surface area contributed by atoms with E-state index in [9.17, 15) is 0 Å². The van der Waals surface area contributed by atoms with Gasteiger partial charge >= 0.3 is 0 Å². The molecule has 0 bridgehead atoms. The van der Waals surface area contributed by atoms with Crippen molar-refractivity contribution >= 4 is 28.7 Å². The quantitative estimate of drug-likeness (QED) is 0.720. The number of hydrogen-bond donors (Lipinski definition) is 2. The SMILES string of the molecule is CCC(C)c1ccccc1NC(=S)Nc1cc(OC)cc(OC)c1. The summed E-state index contributed by atoms with van der Waals surface area (Å²) >= 11 is 5.46. The van der Waals surface area contributed by atoms with Crippen molar-refractivity contribution in [2.24, 2.45) is 0 Å². The lowest BCUT2D eigenvalue weighted by atomic mass is 9.97. The molecule has 0 aliphatic rings. The summed E-state index contributed by atoms with van der Waals surface area (Å²) in [6.45, 7) is 4.39. The molecule has 0 saturated heterocycles. The van der Waals surface area contributed by atoms with Crippen LogP contribution in [0.15, 0.2) is 42.5 Å². The highest BCUT2D eigenvalue weighted by Crippen LogP contribution is 2.28. The van der Waals surface area contributed by atoms with Crippen LogP contribution in [-0.4, -0.2) is 19.3 Å². The maximum Gasteiger partial charge on any atom is 0.175 e. The molecule has 0 fully saturated rings. The second-order valence-electron chi connectivity index (χ2n) is 5.58. The molecule has 4 nitrogen and oxygen atoms in total. The molecule has 0 amide bonds. The topological polar surface area (TPSA) is 42.5 Å². The normalized spacial score (nSPS) is 11.5. The number of benzene rings is 2. The highest BCUT2D eigenvalue weighted by atomic mass is 32.1. The first-order chi connectivity index (χ1) is 11.6. The van der Waals surface area contributed by atoms with Crippen LogP contribution < -0.4 is 20.1 Å². The summed E-state index contributed by atoms with van der Waals surface area (Å²) in [7, 11) is 3.25. The standard InChI is InChI=1S/C19H24N2O2S/c1-5-13(2)17-8-6-7-9-18(17)21-19(24)20-14-10-15(22-3)12-16(11-14)23-4/h6-13H,5H2,1-4H3,(H2,20,21,24). The minimum absolute atomic E-state index is 0.466. The first-order valence-electron chi connectivity index (χ1n) is 7.97. The second-order valence-corrected chi connectivity index (χ2v) is 5.99. The molecule has 0 aliphatic carbocycles. The molecular weight excluding hydrogens is 320 g/mol. The fourth-order valence-corrected chi connectivity index (χ4v) is 2.65. The van der Waals surface area contributed by atoms with E-state index in [2.05, 4.69) is 36.6 Å². The average Bonchev–Trinajstić information content (AvgIpc) is 2.60. The van der Waals surface area contributed by atoms with Gasteiger partial charge in [-0.05, 0) is 36.2 Å². The van der Waals surface area contributed by atoms with Crippen molar-refractivity contribution in [2.45, 2.75) is 26.2 Å². The number of hydrogen-bond acceptors (Lipinski definition) is 3. The van der Waals surface area contributed by atoms with Gasteiger partial charge in [-0.25, -0.2) is 0 Å². The van der Waals surface area contributed by atoms with Crippen molar-refractivity contribution in [3.63, 3.8) is 0 Å². The Morgan fingerprint density at radius 3 is 2.25 bits per heavy atom. The number of ether oxygens (including phenoxy) is 2. The first kappa shape index (κ1) is 18.1. The molecule has 2 aromatic rings. The van der Waals surface area contributed by atoms with E-state index in [0.717, 1.165) is 17.8 Å². The molecule has 0 aliphatic heterocycles. The Morgan fingerprint density at radius 2 is 1.67 bits per heavy atom. The summed E-state index contributed by atoms with van der Waals surface area (Å²) in [4.78, 5) is 0. The summed E-state index contributed by atoms with van der Waals surface area (Å²) in [5.74, 6) is 1.88. The zero-order valence-electron chi connectivity index (χ0n) is 14.6. The van der Waals surface area contributed by atoms with Gasteiger partial charge in [-0.1, -0.05) is 32.0 Å².